The molecule has 5 heteroatoms. The van der Waals surface area contributed by atoms with Crippen molar-refractivity contribution in [3.8, 4) is 0 Å². The largest absolute Gasteiger partial charge is 0.394 e. The summed E-state index contributed by atoms with van der Waals surface area (Å²) in [4.78, 5) is 0. The zero-order chi connectivity index (χ0) is 8.85. The lowest BCUT2D eigenvalue weighted by Gasteiger charge is -2.24. The van der Waals surface area contributed by atoms with Crippen molar-refractivity contribution in [3.05, 3.63) is 0 Å². The van der Waals surface area contributed by atoms with Crippen molar-refractivity contribution in [3.63, 3.8) is 0 Å². The summed E-state index contributed by atoms with van der Waals surface area (Å²) in [6.45, 7) is 1.78. The van der Waals surface area contributed by atoms with E-state index in [-0.39, 0.29) is 0 Å². The first-order chi connectivity index (χ1) is 5.13. The standard InChI is InChI=1S/C6H16N2O3/c1-2-11-5(6(7)8)4(10)3-9/h4-6,9-10H,2-3,7-8H2,1H3. The van der Waals surface area contributed by atoms with E-state index in [1.807, 2.05) is 0 Å². The Morgan fingerprint density at radius 1 is 1.45 bits per heavy atom. The van der Waals surface area contributed by atoms with E-state index in [0.29, 0.717) is 6.61 Å². The summed E-state index contributed by atoms with van der Waals surface area (Å²) in [7, 11) is 0. The Bertz CT molecular complexity index is 99.8. The number of hydrogen-bond acceptors (Lipinski definition) is 5. The van der Waals surface area contributed by atoms with Crippen molar-refractivity contribution >= 4 is 0 Å². The maximum Gasteiger partial charge on any atom is 0.114 e. The molecule has 0 aliphatic carbocycles. The van der Waals surface area contributed by atoms with Crippen molar-refractivity contribution in [2.24, 2.45) is 11.5 Å². The van der Waals surface area contributed by atoms with Crippen LogP contribution in [0.1, 0.15) is 6.92 Å². The summed E-state index contributed by atoms with van der Waals surface area (Å²) >= 11 is 0. The molecule has 0 aromatic rings. The Morgan fingerprint density at radius 3 is 2.27 bits per heavy atom. The van der Waals surface area contributed by atoms with Crippen LogP contribution in [0.25, 0.3) is 0 Å². The quantitative estimate of drug-likeness (QED) is 0.352. The van der Waals surface area contributed by atoms with Crippen molar-refractivity contribution in [1.29, 1.82) is 0 Å². The number of ether oxygens (including phenoxy) is 1. The third-order valence-electron chi connectivity index (χ3n) is 1.30. The minimum atomic E-state index is -1.00. The van der Waals surface area contributed by atoms with E-state index >= 15 is 0 Å². The van der Waals surface area contributed by atoms with Crippen LogP contribution in [0.2, 0.25) is 0 Å². The molecular formula is C6H16N2O3. The molecule has 0 rings (SSSR count). The Kier molecular flexibility index (Phi) is 5.35. The molecule has 0 aromatic carbocycles. The molecule has 6 N–H and O–H groups in total. The van der Waals surface area contributed by atoms with Gasteiger partial charge in [0.2, 0.25) is 0 Å². The van der Waals surface area contributed by atoms with Crippen LogP contribution in [-0.2, 0) is 4.74 Å². The van der Waals surface area contributed by atoms with Gasteiger partial charge in [0, 0.05) is 6.61 Å². The topological polar surface area (TPSA) is 102 Å². The molecule has 2 unspecified atom stereocenters. The van der Waals surface area contributed by atoms with Crippen LogP contribution in [0.3, 0.4) is 0 Å². The molecule has 0 aromatic heterocycles. The Hall–Kier alpha value is -0.200. The molecule has 0 spiro atoms. The van der Waals surface area contributed by atoms with Crippen LogP contribution < -0.4 is 11.5 Å². The van der Waals surface area contributed by atoms with E-state index in [1.54, 1.807) is 6.92 Å². The number of hydrogen-bond donors (Lipinski definition) is 4. The Balaban J connectivity index is 3.87. The van der Waals surface area contributed by atoms with E-state index in [9.17, 15) is 0 Å². The highest BCUT2D eigenvalue weighted by atomic mass is 16.5. The van der Waals surface area contributed by atoms with Crippen LogP contribution in [0.4, 0.5) is 0 Å². The van der Waals surface area contributed by atoms with Gasteiger partial charge in [-0.1, -0.05) is 0 Å². The highest BCUT2D eigenvalue weighted by Crippen LogP contribution is 1.99. The fraction of sp³-hybridized carbons (Fsp3) is 1.00. The number of rotatable bonds is 5. The zero-order valence-corrected chi connectivity index (χ0v) is 6.60. The normalized spacial score (nSPS) is 16.9. The summed E-state index contributed by atoms with van der Waals surface area (Å²) in [5, 5.41) is 17.6. The summed E-state index contributed by atoms with van der Waals surface area (Å²) in [5.41, 5.74) is 10.6. The molecule has 0 saturated heterocycles. The van der Waals surface area contributed by atoms with Crippen LogP contribution in [0, 0.1) is 0 Å². The molecule has 0 radical (unpaired) electrons. The fourth-order valence-electron chi connectivity index (χ4n) is 0.775. The van der Waals surface area contributed by atoms with Gasteiger partial charge < -0.3 is 26.4 Å². The second-order valence-electron chi connectivity index (χ2n) is 2.25. The SMILES string of the molecule is CCOC(C(N)N)C(O)CO. The third kappa shape index (κ3) is 3.64. The molecule has 0 saturated carbocycles. The molecule has 11 heavy (non-hydrogen) atoms. The van der Waals surface area contributed by atoms with Gasteiger partial charge >= 0.3 is 0 Å². The first-order valence-electron chi connectivity index (χ1n) is 3.55. The average molecular weight is 164 g/mol. The minimum Gasteiger partial charge on any atom is -0.394 e. The number of aliphatic hydroxyl groups is 2. The lowest BCUT2D eigenvalue weighted by Crippen LogP contribution is -2.51. The highest BCUT2D eigenvalue weighted by molar-refractivity contribution is 4.75. The average Bonchev–Trinajstić information content (AvgIpc) is 1.98. The van der Waals surface area contributed by atoms with Gasteiger partial charge in [0.15, 0.2) is 0 Å². The molecular weight excluding hydrogens is 148 g/mol. The molecule has 0 bridgehead atoms. The molecule has 0 heterocycles. The lowest BCUT2D eigenvalue weighted by molar-refractivity contribution is -0.0643. The van der Waals surface area contributed by atoms with Crippen LogP contribution in [0.15, 0.2) is 0 Å². The van der Waals surface area contributed by atoms with Gasteiger partial charge in [-0.2, -0.15) is 0 Å². The second kappa shape index (κ2) is 5.45. The van der Waals surface area contributed by atoms with Gasteiger partial charge in [-0.25, -0.2) is 0 Å². The number of aliphatic hydroxyl groups excluding tert-OH is 2. The maximum absolute atomic E-state index is 9.08. The van der Waals surface area contributed by atoms with Gasteiger partial charge in [0.1, 0.15) is 12.2 Å². The molecule has 0 fully saturated rings. The molecule has 2 atom stereocenters. The first kappa shape index (κ1) is 10.8. The minimum absolute atomic E-state index is 0.393. The second-order valence-corrected chi connectivity index (χ2v) is 2.25. The third-order valence-corrected chi connectivity index (χ3v) is 1.30. The van der Waals surface area contributed by atoms with Crippen molar-refractivity contribution in [1.82, 2.24) is 0 Å². The van der Waals surface area contributed by atoms with Gasteiger partial charge in [0.05, 0.1) is 12.8 Å². The van der Waals surface area contributed by atoms with E-state index in [1.165, 1.54) is 0 Å². The highest BCUT2D eigenvalue weighted by Gasteiger charge is 2.22. The van der Waals surface area contributed by atoms with E-state index in [0.717, 1.165) is 0 Å². The first-order valence-corrected chi connectivity index (χ1v) is 3.55. The van der Waals surface area contributed by atoms with Crippen LogP contribution in [-0.4, -0.2) is 41.8 Å². The summed E-state index contributed by atoms with van der Waals surface area (Å²) in [6, 6.07) is 0. The van der Waals surface area contributed by atoms with E-state index < -0.39 is 25.0 Å². The lowest BCUT2D eigenvalue weighted by atomic mass is 10.2. The van der Waals surface area contributed by atoms with E-state index in [4.69, 9.17) is 26.4 Å². The van der Waals surface area contributed by atoms with Gasteiger partial charge in [0.25, 0.3) is 0 Å². The Morgan fingerprint density at radius 2 is 2.00 bits per heavy atom. The molecule has 68 valence electrons. The van der Waals surface area contributed by atoms with Crippen molar-refractivity contribution in [2.75, 3.05) is 13.2 Å². The van der Waals surface area contributed by atoms with Gasteiger partial charge in [-0.15, -0.1) is 0 Å². The fourth-order valence-corrected chi connectivity index (χ4v) is 0.775. The zero-order valence-electron chi connectivity index (χ0n) is 6.60. The monoisotopic (exact) mass is 164 g/mol. The summed E-state index contributed by atoms with van der Waals surface area (Å²) < 4.78 is 5.00. The predicted molar refractivity (Wildman–Crippen MR) is 40.7 cm³/mol. The maximum atomic E-state index is 9.08. The van der Waals surface area contributed by atoms with Gasteiger partial charge in [-0.05, 0) is 6.92 Å². The predicted octanol–water partition coefficient (Wildman–Crippen LogP) is -2.01. The smallest absolute Gasteiger partial charge is 0.114 e. The van der Waals surface area contributed by atoms with E-state index in [2.05, 4.69) is 0 Å². The molecule has 0 aliphatic heterocycles. The summed E-state index contributed by atoms with van der Waals surface area (Å²) in [5.74, 6) is 0. The van der Waals surface area contributed by atoms with Crippen molar-refractivity contribution < 1.29 is 14.9 Å². The Labute approximate surface area is 65.9 Å². The number of nitrogens with two attached hydrogens (primary N) is 2. The summed E-state index contributed by atoms with van der Waals surface area (Å²) in [6.07, 6.45) is -2.46. The van der Waals surface area contributed by atoms with Crippen LogP contribution in [0.5, 0.6) is 0 Å². The van der Waals surface area contributed by atoms with Crippen molar-refractivity contribution in [2.45, 2.75) is 25.3 Å². The molecule has 5 nitrogen and oxygen atoms in total. The molecule has 0 aliphatic rings. The molecule has 0 amide bonds. The van der Waals surface area contributed by atoms with Crippen LogP contribution >= 0.6 is 0 Å². The van der Waals surface area contributed by atoms with Gasteiger partial charge in [-0.3, -0.25) is 0 Å².